The topological polar surface area (TPSA) is 52.7 Å². The highest BCUT2D eigenvalue weighted by molar-refractivity contribution is 5.98. The van der Waals surface area contributed by atoms with Crippen molar-refractivity contribution < 1.29 is 9.59 Å². The molecule has 36 heavy (non-hydrogen) atoms. The van der Waals surface area contributed by atoms with Gasteiger partial charge in [-0.15, -0.1) is 0 Å². The van der Waals surface area contributed by atoms with Gasteiger partial charge in [0.25, 0.3) is 5.91 Å². The second kappa shape index (κ2) is 10.7. The average Bonchev–Trinajstić information content (AvgIpc) is 3.61. The normalized spacial score (nSPS) is 22.6. The summed E-state index contributed by atoms with van der Waals surface area (Å²) in [6.45, 7) is 4.09. The first kappa shape index (κ1) is 24.3. The molecule has 0 spiro atoms. The molecular weight excluding hydrogens is 446 g/mol. The zero-order valence-electron chi connectivity index (χ0n) is 21.1. The van der Waals surface area contributed by atoms with Gasteiger partial charge in [-0.1, -0.05) is 72.8 Å². The van der Waals surface area contributed by atoms with Crippen LogP contribution in [0.15, 0.2) is 84.9 Å². The standard InChI is InChI=1S/C31H35N3O2/c1-22(32-2)25-14-9-15-26(18-25)30(35)34-21-28(24-12-7-4-8-13-24)19-29(34)31(36)33-17-16-27(20-33)23-10-5-3-6-11-23/h3-15,18,22,27-29,32H,16-17,19-21H2,1-2H3/t22-,27-,28-,29-/m0/s1. The molecule has 2 aliphatic heterocycles. The molecule has 0 saturated carbocycles. The molecule has 5 rings (SSSR count). The minimum atomic E-state index is -0.442. The van der Waals surface area contributed by atoms with Gasteiger partial charge in [0.05, 0.1) is 0 Å². The van der Waals surface area contributed by atoms with Gasteiger partial charge in [-0.2, -0.15) is 0 Å². The minimum Gasteiger partial charge on any atom is -0.340 e. The van der Waals surface area contributed by atoms with Gasteiger partial charge in [-0.25, -0.2) is 0 Å². The third-order valence-corrected chi connectivity index (χ3v) is 7.96. The Morgan fingerprint density at radius 2 is 1.53 bits per heavy atom. The largest absolute Gasteiger partial charge is 0.340 e. The Kier molecular flexibility index (Phi) is 7.19. The zero-order valence-corrected chi connectivity index (χ0v) is 21.1. The van der Waals surface area contributed by atoms with Crippen molar-refractivity contribution in [2.45, 2.75) is 43.7 Å². The molecule has 3 aromatic rings. The van der Waals surface area contributed by atoms with E-state index in [0.717, 1.165) is 18.5 Å². The van der Waals surface area contributed by atoms with Crippen LogP contribution in [0.3, 0.4) is 0 Å². The maximum Gasteiger partial charge on any atom is 0.254 e. The third kappa shape index (κ3) is 4.93. The Labute approximate surface area is 214 Å². The summed E-state index contributed by atoms with van der Waals surface area (Å²) in [5, 5.41) is 3.24. The highest BCUT2D eigenvalue weighted by Gasteiger charge is 2.43. The zero-order chi connectivity index (χ0) is 25.1. The summed E-state index contributed by atoms with van der Waals surface area (Å²) in [6.07, 6.45) is 1.62. The van der Waals surface area contributed by atoms with Gasteiger partial charge in [-0.3, -0.25) is 9.59 Å². The lowest BCUT2D eigenvalue weighted by molar-refractivity contribution is -0.134. The predicted octanol–water partition coefficient (Wildman–Crippen LogP) is 4.98. The summed E-state index contributed by atoms with van der Waals surface area (Å²) in [5.41, 5.74) is 4.18. The number of rotatable bonds is 6. The molecular formula is C31H35N3O2. The monoisotopic (exact) mass is 481 g/mol. The maximum absolute atomic E-state index is 13.9. The van der Waals surface area contributed by atoms with E-state index < -0.39 is 6.04 Å². The van der Waals surface area contributed by atoms with Crippen LogP contribution in [-0.2, 0) is 4.79 Å². The highest BCUT2D eigenvalue weighted by atomic mass is 16.2. The molecule has 186 valence electrons. The summed E-state index contributed by atoms with van der Waals surface area (Å²) < 4.78 is 0. The molecule has 3 aromatic carbocycles. The van der Waals surface area contributed by atoms with Crippen LogP contribution in [-0.4, -0.2) is 54.3 Å². The quantitative estimate of drug-likeness (QED) is 0.540. The Morgan fingerprint density at radius 1 is 0.861 bits per heavy atom. The van der Waals surface area contributed by atoms with Crippen LogP contribution in [0.5, 0.6) is 0 Å². The molecule has 2 amide bonds. The van der Waals surface area contributed by atoms with Crippen molar-refractivity contribution in [3.8, 4) is 0 Å². The Hall–Kier alpha value is -3.44. The van der Waals surface area contributed by atoms with E-state index in [9.17, 15) is 9.59 Å². The molecule has 0 unspecified atom stereocenters. The molecule has 0 aliphatic carbocycles. The average molecular weight is 482 g/mol. The maximum atomic E-state index is 13.9. The van der Waals surface area contributed by atoms with Crippen molar-refractivity contribution in [3.63, 3.8) is 0 Å². The van der Waals surface area contributed by atoms with Crippen LogP contribution < -0.4 is 5.32 Å². The lowest BCUT2D eigenvalue weighted by atomic mass is 9.96. The number of hydrogen-bond acceptors (Lipinski definition) is 3. The summed E-state index contributed by atoms with van der Waals surface area (Å²) in [4.78, 5) is 31.5. The van der Waals surface area contributed by atoms with Crippen molar-refractivity contribution >= 4 is 11.8 Å². The van der Waals surface area contributed by atoms with Crippen molar-refractivity contribution in [3.05, 3.63) is 107 Å². The number of likely N-dealkylation sites (tertiary alicyclic amines) is 2. The van der Waals surface area contributed by atoms with E-state index in [2.05, 4.69) is 48.6 Å². The number of nitrogens with zero attached hydrogens (tertiary/aromatic N) is 2. The van der Waals surface area contributed by atoms with Gasteiger partial charge >= 0.3 is 0 Å². The van der Waals surface area contributed by atoms with Crippen molar-refractivity contribution in [2.75, 3.05) is 26.7 Å². The number of benzene rings is 3. The smallest absolute Gasteiger partial charge is 0.254 e. The van der Waals surface area contributed by atoms with E-state index in [1.807, 2.05) is 65.4 Å². The van der Waals surface area contributed by atoms with Crippen molar-refractivity contribution in [1.82, 2.24) is 15.1 Å². The summed E-state index contributed by atoms with van der Waals surface area (Å²) in [7, 11) is 1.91. The van der Waals surface area contributed by atoms with Gasteiger partial charge in [-0.05, 0) is 55.6 Å². The van der Waals surface area contributed by atoms with Crippen LogP contribution in [0, 0.1) is 0 Å². The Morgan fingerprint density at radius 3 is 2.19 bits per heavy atom. The number of carbonyl (C=O) groups is 2. The second-order valence-electron chi connectivity index (χ2n) is 10.1. The first-order chi connectivity index (χ1) is 17.5. The molecule has 5 nitrogen and oxygen atoms in total. The second-order valence-corrected chi connectivity index (χ2v) is 10.1. The van der Waals surface area contributed by atoms with E-state index in [4.69, 9.17) is 0 Å². The van der Waals surface area contributed by atoms with Crippen LogP contribution >= 0.6 is 0 Å². The SMILES string of the molecule is CN[C@@H](C)c1cccc(C(=O)N2C[C@@H](c3ccccc3)C[C@H]2C(=O)N2CC[C@H](c3ccccc3)C2)c1. The fraction of sp³-hybridized carbons (Fsp3) is 0.355. The van der Waals surface area contributed by atoms with E-state index in [0.29, 0.717) is 31.0 Å². The van der Waals surface area contributed by atoms with Crippen LogP contribution in [0.25, 0.3) is 0 Å². The van der Waals surface area contributed by atoms with Crippen LogP contribution in [0.4, 0.5) is 0 Å². The summed E-state index contributed by atoms with van der Waals surface area (Å²) >= 11 is 0. The fourth-order valence-electron chi connectivity index (χ4n) is 5.70. The molecule has 5 heteroatoms. The third-order valence-electron chi connectivity index (χ3n) is 7.96. The molecule has 0 bridgehead atoms. The van der Waals surface area contributed by atoms with Gasteiger partial charge in [0.2, 0.25) is 5.91 Å². The number of nitrogens with one attached hydrogen (secondary N) is 1. The van der Waals surface area contributed by atoms with Crippen LogP contribution in [0.2, 0.25) is 0 Å². The number of carbonyl (C=O) groups excluding carboxylic acids is 2. The van der Waals surface area contributed by atoms with Gasteiger partial charge < -0.3 is 15.1 Å². The summed E-state index contributed by atoms with van der Waals surface area (Å²) in [6, 6.07) is 28.2. The first-order valence-electron chi connectivity index (χ1n) is 13.0. The molecule has 0 radical (unpaired) electrons. The lowest BCUT2D eigenvalue weighted by Gasteiger charge is -2.28. The fourth-order valence-corrected chi connectivity index (χ4v) is 5.70. The molecule has 2 fully saturated rings. The molecule has 0 aromatic heterocycles. The van der Waals surface area contributed by atoms with Gasteiger partial charge in [0.1, 0.15) is 6.04 Å². The van der Waals surface area contributed by atoms with Gasteiger partial charge in [0, 0.05) is 43.1 Å². The highest BCUT2D eigenvalue weighted by Crippen LogP contribution is 2.36. The Bertz CT molecular complexity index is 1200. The number of amides is 2. The Balaban J connectivity index is 1.39. The molecule has 2 aliphatic rings. The van der Waals surface area contributed by atoms with E-state index in [1.54, 1.807) is 0 Å². The van der Waals surface area contributed by atoms with Crippen molar-refractivity contribution in [1.29, 1.82) is 0 Å². The first-order valence-corrected chi connectivity index (χ1v) is 13.0. The van der Waals surface area contributed by atoms with Gasteiger partial charge in [0.15, 0.2) is 0 Å². The van der Waals surface area contributed by atoms with Crippen molar-refractivity contribution in [2.24, 2.45) is 0 Å². The molecule has 1 N–H and O–H groups in total. The van der Waals surface area contributed by atoms with E-state index in [-0.39, 0.29) is 23.8 Å². The molecule has 2 saturated heterocycles. The van der Waals surface area contributed by atoms with Crippen LogP contribution in [0.1, 0.15) is 64.7 Å². The molecule has 4 atom stereocenters. The lowest BCUT2D eigenvalue weighted by Crippen LogP contribution is -2.47. The molecule has 2 heterocycles. The van der Waals surface area contributed by atoms with E-state index in [1.165, 1.54) is 11.1 Å². The predicted molar refractivity (Wildman–Crippen MR) is 143 cm³/mol. The number of hydrogen-bond donors (Lipinski definition) is 1. The summed E-state index contributed by atoms with van der Waals surface area (Å²) in [5.74, 6) is 0.525. The minimum absolute atomic E-state index is 0.0595. The van der Waals surface area contributed by atoms with E-state index >= 15 is 0 Å².